The maximum atomic E-state index is 5.84. The van der Waals surface area contributed by atoms with Crippen LogP contribution in [0.2, 0.25) is 0 Å². The van der Waals surface area contributed by atoms with Gasteiger partial charge in [-0.25, -0.2) is 4.98 Å². The summed E-state index contributed by atoms with van der Waals surface area (Å²) >= 11 is 0. The van der Waals surface area contributed by atoms with E-state index in [1.54, 1.807) is 0 Å². The van der Waals surface area contributed by atoms with Crippen molar-refractivity contribution in [3.63, 3.8) is 0 Å². The molecule has 0 amide bonds. The van der Waals surface area contributed by atoms with Gasteiger partial charge in [0, 0.05) is 18.9 Å². The minimum Gasteiger partial charge on any atom is -0.445 e. The molecule has 90 valence electrons. The van der Waals surface area contributed by atoms with Crippen molar-refractivity contribution in [2.24, 2.45) is 0 Å². The summed E-state index contributed by atoms with van der Waals surface area (Å²) in [6.45, 7) is 7.62. The third kappa shape index (κ3) is 2.46. The maximum absolute atomic E-state index is 5.84. The Morgan fingerprint density at radius 1 is 1.50 bits per heavy atom. The van der Waals surface area contributed by atoms with Crippen molar-refractivity contribution < 1.29 is 4.42 Å². The summed E-state index contributed by atoms with van der Waals surface area (Å²) in [7, 11) is 0. The van der Waals surface area contributed by atoms with E-state index in [0.29, 0.717) is 12.0 Å². The van der Waals surface area contributed by atoms with Crippen LogP contribution in [0.5, 0.6) is 0 Å². The van der Waals surface area contributed by atoms with Crippen LogP contribution in [0.3, 0.4) is 0 Å². The lowest BCUT2D eigenvalue weighted by molar-refractivity contribution is 0.430. The molecule has 2 heterocycles. The SMILES string of the molecule is CCc1oc(CC2CCCN2)nc1C(C)C. The standard InChI is InChI=1S/C13H22N2O/c1-4-11-13(9(2)3)15-12(16-11)8-10-6-5-7-14-10/h9-10,14H,4-8H2,1-3H3. The number of aryl methyl sites for hydroxylation is 1. The van der Waals surface area contributed by atoms with Gasteiger partial charge in [0.25, 0.3) is 0 Å². The molecule has 1 saturated heterocycles. The number of nitrogens with one attached hydrogen (secondary N) is 1. The topological polar surface area (TPSA) is 38.1 Å². The Hall–Kier alpha value is -0.830. The zero-order valence-corrected chi connectivity index (χ0v) is 10.5. The molecule has 0 radical (unpaired) electrons. The van der Waals surface area contributed by atoms with Crippen LogP contribution in [-0.4, -0.2) is 17.6 Å². The van der Waals surface area contributed by atoms with E-state index in [-0.39, 0.29) is 0 Å². The smallest absolute Gasteiger partial charge is 0.196 e. The van der Waals surface area contributed by atoms with Gasteiger partial charge >= 0.3 is 0 Å². The molecule has 1 aliphatic heterocycles. The molecule has 0 bridgehead atoms. The Morgan fingerprint density at radius 2 is 2.31 bits per heavy atom. The van der Waals surface area contributed by atoms with Gasteiger partial charge in [0.15, 0.2) is 5.89 Å². The van der Waals surface area contributed by atoms with Gasteiger partial charge in [-0.05, 0) is 25.3 Å². The molecule has 0 aromatic carbocycles. The second-order valence-electron chi connectivity index (χ2n) is 4.92. The molecule has 3 nitrogen and oxygen atoms in total. The van der Waals surface area contributed by atoms with E-state index in [9.17, 15) is 0 Å². The average molecular weight is 222 g/mol. The van der Waals surface area contributed by atoms with E-state index < -0.39 is 0 Å². The van der Waals surface area contributed by atoms with Crippen LogP contribution in [0.25, 0.3) is 0 Å². The zero-order valence-electron chi connectivity index (χ0n) is 10.5. The molecule has 1 aromatic rings. The van der Waals surface area contributed by atoms with Gasteiger partial charge in [0.2, 0.25) is 0 Å². The monoisotopic (exact) mass is 222 g/mol. The highest BCUT2D eigenvalue weighted by atomic mass is 16.4. The first-order chi connectivity index (χ1) is 7.70. The highest BCUT2D eigenvalue weighted by Crippen LogP contribution is 2.22. The number of hydrogen-bond donors (Lipinski definition) is 1. The van der Waals surface area contributed by atoms with Gasteiger partial charge in [0.1, 0.15) is 5.76 Å². The molecule has 0 saturated carbocycles. The zero-order chi connectivity index (χ0) is 11.5. The molecular weight excluding hydrogens is 200 g/mol. The first-order valence-electron chi connectivity index (χ1n) is 6.42. The number of oxazole rings is 1. The van der Waals surface area contributed by atoms with E-state index in [1.807, 2.05) is 0 Å². The van der Waals surface area contributed by atoms with Crippen molar-refractivity contribution in [3.8, 4) is 0 Å². The largest absolute Gasteiger partial charge is 0.445 e. The minimum absolute atomic E-state index is 0.462. The molecule has 2 rings (SSSR count). The first-order valence-corrected chi connectivity index (χ1v) is 6.42. The minimum atomic E-state index is 0.462. The Kier molecular flexibility index (Phi) is 3.64. The highest BCUT2D eigenvalue weighted by Gasteiger charge is 2.20. The fraction of sp³-hybridized carbons (Fsp3) is 0.769. The maximum Gasteiger partial charge on any atom is 0.196 e. The van der Waals surface area contributed by atoms with Gasteiger partial charge < -0.3 is 9.73 Å². The van der Waals surface area contributed by atoms with Crippen LogP contribution in [0.15, 0.2) is 4.42 Å². The summed E-state index contributed by atoms with van der Waals surface area (Å²) in [5.74, 6) is 2.45. The number of aromatic nitrogens is 1. The summed E-state index contributed by atoms with van der Waals surface area (Å²) < 4.78 is 5.84. The molecule has 3 heteroatoms. The predicted molar refractivity (Wildman–Crippen MR) is 64.7 cm³/mol. The number of rotatable bonds is 4. The molecule has 0 aliphatic carbocycles. The quantitative estimate of drug-likeness (QED) is 0.851. The Labute approximate surface area is 97.6 Å². The molecule has 1 unspecified atom stereocenters. The Morgan fingerprint density at radius 3 is 2.81 bits per heavy atom. The molecule has 1 atom stereocenters. The van der Waals surface area contributed by atoms with E-state index in [4.69, 9.17) is 4.42 Å². The summed E-state index contributed by atoms with van der Waals surface area (Å²) in [5.41, 5.74) is 1.15. The van der Waals surface area contributed by atoms with Crippen LogP contribution in [-0.2, 0) is 12.8 Å². The normalized spacial score (nSPS) is 20.9. The molecule has 1 aromatic heterocycles. The van der Waals surface area contributed by atoms with Crippen molar-refractivity contribution in [1.29, 1.82) is 0 Å². The van der Waals surface area contributed by atoms with Crippen LogP contribution in [0.1, 0.15) is 56.9 Å². The second-order valence-corrected chi connectivity index (χ2v) is 4.92. The first kappa shape index (κ1) is 11.6. The van der Waals surface area contributed by atoms with E-state index in [2.05, 4.69) is 31.1 Å². The fourth-order valence-electron chi connectivity index (χ4n) is 2.35. The second kappa shape index (κ2) is 5.00. The van der Waals surface area contributed by atoms with Crippen LogP contribution < -0.4 is 5.32 Å². The summed E-state index contributed by atoms with van der Waals surface area (Å²) in [6, 6.07) is 0.573. The van der Waals surface area contributed by atoms with Gasteiger partial charge in [-0.1, -0.05) is 20.8 Å². The third-order valence-corrected chi connectivity index (χ3v) is 3.22. The lowest BCUT2D eigenvalue weighted by Crippen LogP contribution is -2.23. The Balaban J connectivity index is 2.09. The fourth-order valence-corrected chi connectivity index (χ4v) is 2.35. The van der Waals surface area contributed by atoms with Crippen molar-refractivity contribution in [2.75, 3.05) is 6.54 Å². The van der Waals surface area contributed by atoms with E-state index >= 15 is 0 Å². The molecule has 1 fully saturated rings. The van der Waals surface area contributed by atoms with E-state index in [1.165, 1.54) is 12.8 Å². The van der Waals surface area contributed by atoms with Gasteiger partial charge in [-0.2, -0.15) is 0 Å². The highest BCUT2D eigenvalue weighted by molar-refractivity contribution is 5.14. The summed E-state index contributed by atoms with van der Waals surface area (Å²) in [4.78, 5) is 4.64. The van der Waals surface area contributed by atoms with Crippen LogP contribution >= 0.6 is 0 Å². The van der Waals surface area contributed by atoms with Gasteiger partial charge in [-0.15, -0.1) is 0 Å². The predicted octanol–water partition coefficient (Wildman–Crippen LogP) is 2.65. The van der Waals surface area contributed by atoms with Crippen molar-refractivity contribution >= 4 is 0 Å². The van der Waals surface area contributed by atoms with Crippen molar-refractivity contribution in [2.45, 2.75) is 58.4 Å². The molecule has 1 aliphatic rings. The molecule has 16 heavy (non-hydrogen) atoms. The third-order valence-electron chi connectivity index (χ3n) is 3.22. The lowest BCUT2D eigenvalue weighted by atomic mass is 10.1. The van der Waals surface area contributed by atoms with Gasteiger partial charge in [-0.3, -0.25) is 0 Å². The molecular formula is C13H22N2O. The lowest BCUT2D eigenvalue weighted by Gasteiger charge is -2.05. The number of hydrogen-bond acceptors (Lipinski definition) is 3. The van der Waals surface area contributed by atoms with Crippen molar-refractivity contribution in [1.82, 2.24) is 10.3 Å². The molecule has 1 N–H and O–H groups in total. The van der Waals surface area contributed by atoms with Crippen LogP contribution in [0, 0.1) is 0 Å². The number of nitrogens with zero attached hydrogens (tertiary/aromatic N) is 1. The summed E-state index contributed by atoms with van der Waals surface area (Å²) in [6.07, 6.45) is 4.42. The Bertz CT molecular complexity index is 338. The summed E-state index contributed by atoms with van der Waals surface area (Å²) in [5, 5.41) is 3.48. The van der Waals surface area contributed by atoms with Crippen molar-refractivity contribution in [3.05, 3.63) is 17.3 Å². The van der Waals surface area contributed by atoms with Crippen LogP contribution in [0.4, 0.5) is 0 Å². The van der Waals surface area contributed by atoms with E-state index in [0.717, 1.165) is 36.7 Å². The average Bonchev–Trinajstić information content (AvgIpc) is 2.87. The van der Waals surface area contributed by atoms with Gasteiger partial charge in [0.05, 0.1) is 5.69 Å². The molecule has 0 spiro atoms.